The number of carbonyl (C=O) groups is 2. The van der Waals surface area contributed by atoms with Crippen LogP contribution >= 0.6 is 11.6 Å². The Labute approximate surface area is 196 Å². The van der Waals surface area contributed by atoms with Crippen LogP contribution in [-0.2, 0) is 9.63 Å². The lowest BCUT2D eigenvalue weighted by Crippen LogP contribution is -2.43. The normalized spacial score (nSPS) is 17.4. The number of nitrogens with zero attached hydrogens (tertiary/aromatic N) is 2. The minimum absolute atomic E-state index is 0.0128. The second-order valence-electron chi connectivity index (χ2n) is 7.70. The zero-order valence-electron chi connectivity index (χ0n) is 17.9. The van der Waals surface area contributed by atoms with Crippen molar-refractivity contribution < 1.29 is 14.4 Å². The van der Waals surface area contributed by atoms with Gasteiger partial charge in [0.2, 0.25) is 5.95 Å². The van der Waals surface area contributed by atoms with Crippen LogP contribution in [0.5, 0.6) is 0 Å². The predicted octanol–water partition coefficient (Wildman–Crippen LogP) is 3.32. The van der Waals surface area contributed by atoms with Crippen LogP contribution in [0.2, 0.25) is 5.02 Å². The van der Waals surface area contributed by atoms with Crippen molar-refractivity contribution in [3.63, 3.8) is 0 Å². The topological polar surface area (TPSA) is 105 Å². The van der Waals surface area contributed by atoms with Crippen LogP contribution in [-0.4, -0.2) is 41.0 Å². The van der Waals surface area contributed by atoms with Gasteiger partial charge in [0.25, 0.3) is 11.8 Å². The van der Waals surface area contributed by atoms with Crippen LogP contribution in [0, 0.1) is 12.3 Å². The minimum Gasteiger partial charge on any atom is -0.349 e. The minimum atomic E-state index is -0.414. The molecule has 0 saturated heterocycles. The highest BCUT2D eigenvalue weighted by Gasteiger charge is 2.28. The number of anilines is 1. The van der Waals surface area contributed by atoms with Crippen LogP contribution < -0.4 is 16.1 Å². The van der Waals surface area contributed by atoms with Crippen molar-refractivity contribution in [3.05, 3.63) is 53.2 Å². The van der Waals surface area contributed by atoms with Crippen molar-refractivity contribution in [2.45, 2.75) is 31.3 Å². The van der Waals surface area contributed by atoms with Crippen LogP contribution in [0.15, 0.2) is 42.6 Å². The Bertz CT molecular complexity index is 1260. The largest absolute Gasteiger partial charge is 0.349 e. The first-order valence-electron chi connectivity index (χ1n) is 10.4. The number of hydrogen-bond acceptors (Lipinski definition) is 6. The summed E-state index contributed by atoms with van der Waals surface area (Å²) in [6.45, 7) is 0. The zero-order valence-corrected chi connectivity index (χ0v) is 18.6. The summed E-state index contributed by atoms with van der Waals surface area (Å²) in [5.74, 6) is 1.80. The summed E-state index contributed by atoms with van der Waals surface area (Å²) in [6.07, 6.45) is 9.62. The van der Waals surface area contributed by atoms with E-state index in [1.54, 1.807) is 24.4 Å². The van der Waals surface area contributed by atoms with Gasteiger partial charge in [-0.25, -0.2) is 15.4 Å². The molecule has 1 fully saturated rings. The molecule has 2 atom stereocenters. The molecule has 1 heterocycles. The number of terminal acetylenes is 1. The number of rotatable bonds is 6. The van der Waals surface area contributed by atoms with Gasteiger partial charge in [-0.2, -0.15) is 0 Å². The number of hydrogen-bond donors (Lipinski definition) is 3. The number of aromatic nitrogens is 2. The summed E-state index contributed by atoms with van der Waals surface area (Å²) in [7, 11) is 1.38. The molecule has 33 heavy (non-hydrogen) atoms. The Morgan fingerprint density at radius 2 is 2.00 bits per heavy atom. The Morgan fingerprint density at radius 3 is 2.79 bits per heavy atom. The van der Waals surface area contributed by atoms with Crippen molar-refractivity contribution >= 4 is 40.3 Å². The molecule has 1 aliphatic rings. The Balaban J connectivity index is 1.56. The maximum atomic E-state index is 12.1. The van der Waals surface area contributed by atoms with E-state index in [4.69, 9.17) is 22.9 Å². The number of amides is 2. The maximum Gasteiger partial charge on any atom is 0.295 e. The summed E-state index contributed by atoms with van der Waals surface area (Å²) in [5, 5.41) is 7.50. The van der Waals surface area contributed by atoms with Gasteiger partial charge in [-0.3, -0.25) is 14.4 Å². The molecule has 0 unspecified atom stereocenters. The maximum absolute atomic E-state index is 12.1. The van der Waals surface area contributed by atoms with Crippen molar-refractivity contribution in [3.8, 4) is 23.5 Å². The highest BCUT2D eigenvalue weighted by molar-refractivity contribution is 6.33. The molecule has 1 aliphatic carbocycles. The Kier molecular flexibility index (Phi) is 6.73. The molecule has 2 amide bonds. The number of carbonyl (C=O) groups excluding carboxylic acids is 2. The average Bonchev–Trinajstić information content (AvgIpc) is 3.25. The van der Waals surface area contributed by atoms with E-state index in [2.05, 4.69) is 32.0 Å². The van der Waals surface area contributed by atoms with E-state index in [0.29, 0.717) is 22.1 Å². The quantitative estimate of drug-likeness (QED) is 0.382. The molecule has 3 N–H and O–H groups in total. The molecular weight excluding hydrogens is 442 g/mol. The molecule has 2 aromatic carbocycles. The second kappa shape index (κ2) is 9.86. The third-order valence-corrected chi connectivity index (χ3v) is 5.92. The third-order valence-electron chi connectivity index (χ3n) is 5.59. The van der Waals surface area contributed by atoms with Crippen LogP contribution in [0.4, 0.5) is 5.95 Å². The molecule has 3 aromatic rings. The van der Waals surface area contributed by atoms with Gasteiger partial charge in [-0.15, -0.1) is 6.42 Å². The van der Waals surface area contributed by atoms with Crippen LogP contribution in [0.1, 0.15) is 29.6 Å². The van der Waals surface area contributed by atoms with Crippen molar-refractivity contribution in [2.24, 2.45) is 0 Å². The fourth-order valence-corrected chi connectivity index (χ4v) is 4.22. The highest BCUT2D eigenvalue weighted by atomic mass is 35.5. The van der Waals surface area contributed by atoms with Crippen molar-refractivity contribution in [1.29, 1.82) is 0 Å². The lowest BCUT2D eigenvalue weighted by molar-refractivity contribution is -0.116. The smallest absolute Gasteiger partial charge is 0.295 e. The summed E-state index contributed by atoms with van der Waals surface area (Å²) in [4.78, 5) is 37.4. The predicted molar refractivity (Wildman–Crippen MR) is 126 cm³/mol. The SMILES string of the molecule is C#CC(=O)N[C@H]1CCC[C@H]1Nc1ncc2cc(-c3cc(C(=O)NOC)ccc3Cl)ccc2n1. The average molecular weight is 464 g/mol. The molecule has 0 bridgehead atoms. The fourth-order valence-electron chi connectivity index (χ4n) is 3.99. The van der Waals surface area contributed by atoms with E-state index in [1.165, 1.54) is 7.11 Å². The van der Waals surface area contributed by atoms with Gasteiger partial charge in [0.1, 0.15) is 0 Å². The monoisotopic (exact) mass is 463 g/mol. The molecule has 4 rings (SSSR count). The molecule has 1 saturated carbocycles. The summed E-state index contributed by atoms with van der Waals surface area (Å²) in [5.41, 5.74) is 5.02. The highest BCUT2D eigenvalue weighted by Crippen LogP contribution is 2.31. The third kappa shape index (κ3) is 5.06. The lowest BCUT2D eigenvalue weighted by Gasteiger charge is -2.21. The molecule has 168 valence electrons. The number of nitrogens with one attached hydrogen (secondary N) is 3. The summed E-state index contributed by atoms with van der Waals surface area (Å²) in [6, 6.07) is 10.7. The van der Waals surface area contributed by atoms with Crippen LogP contribution in [0.25, 0.3) is 22.0 Å². The molecule has 0 radical (unpaired) electrons. The van der Waals surface area contributed by atoms with Gasteiger partial charge in [0.15, 0.2) is 0 Å². The molecule has 9 heteroatoms. The number of benzene rings is 2. The second-order valence-corrected chi connectivity index (χ2v) is 8.11. The van der Waals surface area contributed by atoms with Gasteiger partial charge < -0.3 is 10.6 Å². The summed E-state index contributed by atoms with van der Waals surface area (Å²) < 4.78 is 0. The fraction of sp³-hybridized carbons (Fsp3) is 0.250. The molecule has 1 aromatic heterocycles. The van der Waals surface area contributed by atoms with Crippen molar-refractivity contribution in [2.75, 3.05) is 12.4 Å². The van der Waals surface area contributed by atoms with Gasteiger partial charge in [-0.1, -0.05) is 17.7 Å². The standard InChI is InChI=1S/C24H22ClN5O3/c1-3-22(31)27-20-5-4-6-21(20)29-24-26-13-16-11-14(8-10-19(16)28-24)17-12-15(7-9-18(17)25)23(32)30-33-2/h1,7-13,20-21H,4-6H2,2H3,(H,27,31)(H,30,32)(H,26,28,29)/t20-,21+/m0/s1. The van der Waals surface area contributed by atoms with Gasteiger partial charge in [0, 0.05) is 39.8 Å². The van der Waals surface area contributed by atoms with Gasteiger partial charge in [-0.05, 0) is 61.1 Å². The van der Waals surface area contributed by atoms with E-state index in [0.717, 1.165) is 35.7 Å². The molecule has 0 spiro atoms. The van der Waals surface area contributed by atoms with E-state index in [-0.39, 0.29) is 18.0 Å². The first-order valence-corrected chi connectivity index (χ1v) is 10.8. The van der Waals surface area contributed by atoms with E-state index in [1.807, 2.05) is 18.2 Å². The van der Waals surface area contributed by atoms with Gasteiger partial charge in [0.05, 0.1) is 12.6 Å². The number of hydroxylamine groups is 1. The van der Waals surface area contributed by atoms with Gasteiger partial charge >= 0.3 is 0 Å². The first-order chi connectivity index (χ1) is 16.0. The van der Waals surface area contributed by atoms with E-state index < -0.39 is 5.91 Å². The van der Waals surface area contributed by atoms with E-state index in [9.17, 15) is 9.59 Å². The zero-order chi connectivity index (χ0) is 23.4. The van der Waals surface area contributed by atoms with E-state index >= 15 is 0 Å². The molecule has 8 nitrogen and oxygen atoms in total. The number of halogens is 1. The molecular formula is C24H22ClN5O3. The van der Waals surface area contributed by atoms with Crippen LogP contribution in [0.3, 0.4) is 0 Å². The Morgan fingerprint density at radius 1 is 1.18 bits per heavy atom. The molecule has 0 aliphatic heterocycles. The first kappa shape index (κ1) is 22.5. The summed E-state index contributed by atoms with van der Waals surface area (Å²) >= 11 is 6.40. The number of fused-ring (bicyclic) bond motifs is 1. The van der Waals surface area contributed by atoms with Crippen molar-refractivity contribution in [1.82, 2.24) is 20.8 Å². The Hall–Kier alpha value is -3.67. The lowest BCUT2D eigenvalue weighted by atomic mass is 10.0.